The summed E-state index contributed by atoms with van der Waals surface area (Å²) in [4.78, 5) is 0. The quantitative estimate of drug-likeness (QED) is 0.0333. The molecular weight excluding hydrogens is 1880 g/mol. The molecule has 0 radical (unpaired) electrons. The van der Waals surface area contributed by atoms with Crippen LogP contribution in [0.4, 0.5) is 0 Å². The van der Waals surface area contributed by atoms with E-state index in [1.54, 1.807) is 0 Å². The lowest BCUT2D eigenvalue weighted by atomic mass is 10.2. The van der Waals surface area contributed by atoms with Gasteiger partial charge in [0, 0.05) is 0 Å². The van der Waals surface area contributed by atoms with E-state index in [2.05, 4.69) is 398 Å². The molecule has 140 heavy (non-hydrogen) atoms. The minimum absolute atomic E-state index is 0.269. The summed E-state index contributed by atoms with van der Waals surface area (Å²) in [5.74, 6) is 11.7. The van der Waals surface area contributed by atoms with Crippen LogP contribution in [0.25, 0.3) is 0 Å². The zero-order valence-corrected chi connectivity index (χ0v) is 100. The Kier molecular flexibility index (Phi) is 29.0. The van der Waals surface area contributed by atoms with Crippen LogP contribution in [0.3, 0.4) is 0 Å². The molecule has 26 heteroatoms. The second kappa shape index (κ2) is 38.6. The Morgan fingerprint density at radius 2 is 0.186 bits per heavy atom. The molecule has 758 valence electrons. The molecule has 18 rings (SSSR count). The van der Waals surface area contributed by atoms with E-state index in [0.29, 0.717) is 103 Å². The highest BCUT2D eigenvalue weighted by molar-refractivity contribution is 7.81. The normalized spacial score (nSPS) is 20.0. The van der Waals surface area contributed by atoms with Crippen molar-refractivity contribution in [1.82, 2.24) is 0 Å². The van der Waals surface area contributed by atoms with Crippen molar-refractivity contribution in [2.45, 2.75) is 398 Å². The van der Waals surface area contributed by atoms with Gasteiger partial charge in [0.1, 0.15) is 15.2 Å². The average Bonchev–Trinajstić information content (AvgIpc) is 0.598. The molecule has 0 fully saturated rings. The number of hydrogen-bond acceptors (Lipinski definition) is 18. The first-order chi connectivity index (χ1) is 65.4. The van der Waals surface area contributed by atoms with Crippen LogP contribution in [0.2, 0.25) is 39.3 Å². The van der Waals surface area contributed by atoms with Crippen molar-refractivity contribution in [1.29, 1.82) is 0 Å². The van der Waals surface area contributed by atoms with Crippen LogP contribution in [0, 0.1) is 0 Å². The van der Waals surface area contributed by atoms with Crippen LogP contribution >= 0.6 is 0 Å². The molecule has 0 aromatic heterocycles. The molecule has 9 aromatic carbocycles. The van der Waals surface area contributed by atoms with Crippen molar-refractivity contribution in [3.05, 3.63) is 109 Å². The van der Waals surface area contributed by atoms with Gasteiger partial charge in [-0.05, 0) is 452 Å². The Morgan fingerprint density at radius 3 is 0.250 bits per heavy atom. The van der Waals surface area contributed by atoms with Crippen molar-refractivity contribution < 1.29 is 85.3 Å². The fraction of sp³-hybridized carbons (Fsp3) is 0.526. The predicted octanol–water partition coefficient (Wildman–Crippen LogP) is 14.9. The lowest BCUT2D eigenvalue weighted by Crippen LogP contribution is -3.17. The predicted molar refractivity (Wildman–Crippen MR) is 596 cm³/mol. The number of benzene rings is 9. The Balaban J connectivity index is 1.43. The molecule has 18 nitrogen and oxygen atoms in total. The fourth-order valence-corrected chi connectivity index (χ4v) is 111. The van der Waals surface area contributed by atoms with Crippen molar-refractivity contribution in [3.63, 3.8) is 0 Å². The highest BCUT2D eigenvalue weighted by Crippen LogP contribution is 2.51. The van der Waals surface area contributed by atoms with E-state index in [0.717, 1.165) is 0 Å². The summed E-state index contributed by atoms with van der Waals surface area (Å²) < 4.78 is 139. The molecule has 0 saturated carbocycles. The maximum atomic E-state index is 7.92. The summed E-state index contributed by atoms with van der Waals surface area (Å²) in [7, 11) is -32.8. The molecule has 6 bridgehead atoms. The summed E-state index contributed by atoms with van der Waals surface area (Å²) in [5.41, 5.74) is 0. The molecule has 9 aliphatic heterocycles. The van der Waals surface area contributed by atoms with E-state index in [-0.39, 0.29) is 110 Å². The molecule has 0 N–H and O–H groups in total. The largest absolute Gasteiger partial charge is 0.487 e. The van der Waals surface area contributed by atoms with Gasteiger partial charge in [0.05, 0.1) is 125 Å². The summed E-state index contributed by atoms with van der Waals surface area (Å²) in [5, 5.41) is 22.0. The third-order valence-electron chi connectivity index (χ3n) is 26.9. The van der Waals surface area contributed by atoms with Crippen LogP contribution in [-0.4, -0.2) is 171 Å². The first-order valence-electron chi connectivity index (χ1n) is 52.1. The van der Waals surface area contributed by atoms with E-state index in [1.165, 1.54) is 93.4 Å². The Morgan fingerprint density at radius 1 is 0.121 bits per heavy atom. The number of rotatable bonds is 40. The van der Waals surface area contributed by atoms with Gasteiger partial charge in [-0.2, -0.15) is 0 Å². The molecule has 0 atom stereocenters. The van der Waals surface area contributed by atoms with E-state index < -0.39 is 60.7 Å². The van der Waals surface area contributed by atoms with E-state index in [4.69, 9.17) is 85.3 Å². The van der Waals surface area contributed by atoms with Gasteiger partial charge in [-0.3, -0.25) is 0 Å². The SMILES string of the molecule is CC(C)Oc1cc2c(cc1OC(C)C)[Si]1([Si]34c5cc(OC(C)C)c(OC(C)C)cc5[Si]([Si]56c7cc(OC(C)C)c(OC(C)C)cc7[Si]([Si](C)(C)C)(c7cc(OC(C)C)c(OC(C)C)cc75)c5cc(OC(C)C)c(OC(C)C)cc56)(c5cc(OC(C)C)c(OC(C)C)cc53)c3cc(OC(C)C)c(OC(C)C)cc34)c3cc(OC(C)C)c(OC(C)C)cc3[Si]2([Si](C)(C)C)c2cc(OC(C)C)c(OC(C)C)cc21. The maximum absolute atomic E-state index is 7.92. The van der Waals surface area contributed by atoms with Gasteiger partial charge in [0.2, 0.25) is 0 Å². The highest BCUT2D eigenvalue weighted by atomic mass is 29.3. The van der Waals surface area contributed by atoms with E-state index in [1.807, 2.05) is 0 Å². The molecule has 0 aliphatic carbocycles. The molecule has 9 aromatic rings. The molecule has 9 aliphatic rings. The topological polar surface area (TPSA) is 166 Å². The molecular formula is C114H162O18Si8. The second-order valence-electron chi connectivity index (χ2n) is 46.6. The maximum Gasteiger partial charge on any atom is 0.161 e. The van der Waals surface area contributed by atoms with Crippen molar-refractivity contribution in [2.75, 3.05) is 0 Å². The minimum atomic E-state index is -4.91. The lowest BCUT2D eigenvalue weighted by Gasteiger charge is -2.70. The van der Waals surface area contributed by atoms with E-state index >= 15 is 0 Å². The third-order valence-corrected chi connectivity index (χ3v) is 92.7. The Labute approximate surface area is 844 Å². The van der Waals surface area contributed by atoms with Gasteiger partial charge in [0.15, 0.2) is 134 Å². The van der Waals surface area contributed by atoms with Crippen LogP contribution in [0.5, 0.6) is 103 Å². The number of hydrogen-bond donors (Lipinski definition) is 0. The van der Waals surface area contributed by atoms with Crippen LogP contribution in [-0.2, 0) is 0 Å². The van der Waals surface area contributed by atoms with Crippen molar-refractivity contribution in [3.8, 4) is 103 Å². The molecule has 0 amide bonds. The van der Waals surface area contributed by atoms with Crippen LogP contribution < -0.4 is 179 Å². The lowest BCUT2D eigenvalue weighted by molar-refractivity contribution is 0.199. The molecule has 0 unspecified atom stereocenters. The van der Waals surface area contributed by atoms with Gasteiger partial charge >= 0.3 is 0 Å². The van der Waals surface area contributed by atoms with Crippen molar-refractivity contribution >= 4 is 154 Å². The fourth-order valence-electron chi connectivity index (χ4n) is 24.3. The molecule has 0 spiro atoms. The van der Waals surface area contributed by atoms with Gasteiger partial charge in [-0.15, -0.1) is 0 Å². The average molecular weight is 2050 g/mol. The Bertz CT molecular complexity index is 5260. The zero-order chi connectivity index (χ0) is 103. The summed E-state index contributed by atoms with van der Waals surface area (Å²) in [6.07, 6.45) is -5.74. The summed E-state index contributed by atoms with van der Waals surface area (Å²) in [6.45, 7) is 92.8. The second-order valence-corrected chi connectivity index (χ2v) is 96.8. The first kappa shape index (κ1) is 105. The molecule has 0 saturated heterocycles. The van der Waals surface area contributed by atoms with Crippen LogP contribution in [0.1, 0.15) is 249 Å². The third kappa shape index (κ3) is 17.2. The summed E-state index contributed by atoms with van der Waals surface area (Å²) in [6, 6.07) is 45.6. The monoisotopic (exact) mass is 2040 g/mol. The van der Waals surface area contributed by atoms with Crippen LogP contribution in [0.15, 0.2) is 109 Å². The standard InChI is InChI=1S/C114H162O18Si8/c1-61(2)115-79-43-97-103(49-85(79)121-67(13)14)137(104-50-86(122-68(15)16)80(116-62(3)4)44-98(104)135(97,133(37,38)39)99-45-81(117-63(5)6)87(51-105(99)137)123-69(17)18)139-109-55-91(127-73(25)26)94(130-76(31)32)58-112(109)140(113-59-95(131-77(33)34)92(56-110(113)139)128-74(27)28,114-60-96(132-78(35)36)93(57-111(114)139)129-75(29)30)138-106-52-88(124-70(19)20)82(118-64(7)8)46-100(106)136(134(40,41)42,101-47-83(119-65(9)10)89(53-107(101)138)125-71(21)22)102-48-84(120-66(11)12)90(54-108(102)138)126-72(23)24/h43-78H,1-42H3. The Hall–Kier alpha value is -8.88. The van der Waals surface area contributed by atoms with Gasteiger partial charge in [-0.25, -0.2) is 0 Å². The first-order valence-corrected chi connectivity index (χ1v) is 75.1. The smallest absolute Gasteiger partial charge is 0.161 e. The van der Waals surface area contributed by atoms with E-state index in [9.17, 15) is 0 Å². The zero-order valence-electron chi connectivity index (χ0n) is 92.1. The van der Waals surface area contributed by atoms with Gasteiger partial charge in [0.25, 0.3) is 0 Å². The van der Waals surface area contributed by atoms with Gasteiger partial charge < -0.3 is 85.3 Å². The molecule has 9 heterocycles. The minimum Gasteiger partial charge on any atom is -0.487 e. The van der Waals surface area contributed by atoms with Crippen molar-refractivity contribution in [2.24, 2.45) is 0 Å². The highest BCUT2D eigenvalue weighted by Gasteiger charge is 2.84. The van der Waals surface area contributed by atoms with Gasteiger partial charge in [-0.1, -0.05) is 39.3 Å². The summed E-state index contributed by atoms with van der Waals surface area (Å²) >= 11 is 0. The number of ether oxygens (including phenoxy) is 18.